The number of hydrogen-bond donors (Lipinski definition) is 0. The molecule has 0 radical (unpaired) electrons. The van der Waals surface area contributed by atoms with Crippen molar-refractivity contribution in [1.82, 2.24) is 25.1 Å². The Morgan fingerprint density at radius 1 is 1.00 bits per heavy atom. The van der Waals surface area contributed by atoms with Gasteiger partial charge < -0.3 is 4.52 Å². The fourth-order valence-corrected chi connectivity index (χ4v) is 2.37. The highest BCUT2D eigenvalue weighted by Gasteiger charge is 2.14. The lowest BCUT2D eigenvalue weighted by Gasteiger charge is -2.00. The van der Waals surface area contributed by atoms with Gasteiger partial charge in [0.05, 0.1) is 12.7 Å². The molecule has 2 heterocycles. The molecule has 0 saturated heterocycles. The van der Waals surface area contributed by atoms with Crippen LogP contribution < -0.4 is 0 Å². The van der Waals surface area contributed by atoms with Crippen LogP contribution in [0.5, 0.6) is 0 Å². The van der Waals surface area contributed by atoms with E-state index in [1.165, 1.54) is 24.3 Å². The summed E-state index contributed by atoms with van der Waals surface area (Å²) in [5, 5.41) is 11.8. The van der Waals surface area contributed by atoms with E-state index in [2.05, 4.69) is 20.5 Å². The molecule has 124 valence electrons. The molecule has 0 fully saturated rings. The number of rotatable bonds is 4. The zero-order valence-electron chi connectivity index (χ0n) is 12.8. The van der Waals surface area contributed by atoms with Gasteiger partial charge in [0, 0.05) is 5.56 Å². The molecular formula is C17H11F2N5O. The van der Waals surface area contributed by atoms with Crippen molar-refractivity contribution < 1.29 is 13.3 Å². The molecule has 2 aromatic carbocycles. The highest BCUT2D eigenvalue weighted by atomic mass is 19.1. The van der Waals surface area contributed by atoms with E-state index in [4.69, 9.17) is 4.52 Å². The lowest BCUT2D eigenvalue weighted by atomic mass is 10.2. The lowest BCUT2D eigenvalue weighted by Crippen LogP contribution is -2.00. The Morgan fingerprint density at radius 3 is 2.60 bits per heavy atom. The van der Waals surface area contributed by atoms with Crippen LogP contribution in [0.3, 0.4) is 0 Å². The van der Waals surface area contributed by atoms with Gasteiger partial charge >= 0.3 is 0 Å². The first-order chi connectivity index (χ1) is 12.2. The molecule has 0 unspecified atom stereocenters. The van der Waals surface area contributed by atoms with Crippen LogP contribution in [0.4, 0.5) is 8.78 Å². The van der Waals surface area contributed by atoms with E-state index in [1.54, 1.807) is 35.1 Å². The number of nitrogens with zero attached hydrogens (tertiary/aromatic N) is 5. The Labute approximate surface area is 140 Å². The Morgan fingerprint density at radius 2 is 1.80 bits per heavy atom. The molecule has 4 aromatic rings. The van der Waals surface area contributed by atoms with E-state index in [0.29, 0.717) is 17.8 Å². The Bertz CT molecular complexity index is 1030. The normalized spacial score (nSPS) is 11.0. The van der Waals surface area contributed by atoms with Crippen LogP contribution in [-0.4, -0.2) is 25.1 Å². The minimum Gasteiger partial charge on any atom is -0.334 e. The maximum Gasteiger partial charge on any atom is 0.258 e. The zero-order valence-corrected chi connectivity index (χ0v) is 12.8. The molecule has 0 bridgehead atoms. The van der Waals surface area contributed by atoms with Crippen LogP contribution in [0.2, 0.25) is 0 Å². The van der Waals surface area contributed by atoms with Gasteiger partial charge in [-0.15, -0.1) is 5.10 Å². The average Bonchev–Trinajstić information content (AvgIpc) is 3.24. The van der Waals surface area contributed by atoms with Crippen LogP contribution in [0.25, 0.3) is 23.0 Å². The molecule has 0 spiro atoms. The Kier molecular flexibility index (Phi) is 3.77. The first kappa shape index (κ1) is 15.1. The van der Waals surface area contributed by atoms with Gasteiger partial charge in [0.25, 0.3) is 5.89 Å². The van der Waals surface area contributed by atoms with Crippen LogP contribution in [-0.2, 0) is 6.54 Å². The van der Waals surface area contributed by atoms with Crippen molar-refractivity contribution in [2.24, 2.45) is 0 Å². The van der Waals surface area contributed by atoms with Crippen LogP contribution >= 0.6 is 0 Å². The maximum atomic E-state index is 13.3. The van der Waals surface area contributed by atoms with Gasteiger partial charge in [-0.3, -0.25) is 0 Å². The third-order valence-corrected chi connectivity index (χ3v) is 3.50. The van der Waals surface area contributed by atoms with Crippen molar-refractivity contribution in [3.8, 4) is 23.0 Å². The molecular weight excluding hydrogens is 328 g/mol. The third-order valence-electron chi connectivity index (χ3n) is 3.50. The van der Waals surface area contributed by atoms with Gasteiger partial charge in [-0.25, -0.2) is 13.5 Å². The van der Waals surface area contributed by atoms with Crippen molar-refractivity contribution in [2.45, 2.75) is 6.54 Å². The van der Waals surface area contributed by atoms with Crippen LogP contribution in [0.1, 0.15) is 5.56 Å². The molecule has 0 amide bonds. The molecule has 0 N–H and O–H groups in total. The summed E-state index contributed by atoms with van der Waals surface area (Å²) in [5.74, 6) is -0.270. The quantitative estimate of drug-likeness (QED) is 0.570. The largest absolute Gasteiger partial charge is 0.334 e. The predicted octanol–water partition coefficient (Wildman–Crippen LogP) is 3.32. The van der Waals surface area contributed by atoms with E-state index >= 15 is 0 Å². The van der Waals surface area contributed by atoms with E-state index in [0.717, 1.165) is 5.56 Å². The van der Waals surface area contributed by atoms with E-state index in [9.17, 15) is 8.78 Å². The van der Waals surface area contributed by atoms with Crippen molar-refractivity contribution in [1.29, 1.82) is 0 Å². The molecule has 2 aromatic heterocycles. The first-order valence-electron chi connectivity index (χ1n) is 7.42. The molecule has 0 aliphatic rings. The molecule has 0 saturated carbocycles. The summed E-state index contributed by atoms with van der Waals surface area (Å²) < 4.78 is 33.2. The highest BCUT2D eigenvalue weighted by molar-refractivity contribution is 5.56. The van der Waals surface area contributed by atoms with Gasteiger partial charge in [-0.1, -0.05) is 28.6 Å². The molecule has 0 atom stereocenters. The molecule has 0 aliphatic heterocycles. The average molecular weight is 339 g/mol. The number of hydrogen-bond acceptors (Lipinski definition) is 5. The SMILES string of the molecule is Fc1cccc(Cn2cc(-c3noc(-c4cccc(F)c4)n3)nn2)c1. The Hall–Kier alpha value is -3.42. The van der Waals surface area contributed by atoms with Crippen molar-refractivity contribution >= 4 is 0 Å². The molecule has 4 rings (SSSR count). The zero-order chi connectivity index (χ0) is 17.2. The maximum absolute atomic E-state index is 13.3. The number of halogens is 2. The minimum absolute atomic E-state index is 0.189. The Balaban J connectivity index is 1.56. The van der Waals surface area contributed by atoms with Gasteiger partial charge in [0.2, 0.25) is 5.82 Å². The van der Waals surface area contributed by atoms with Crippen LogP contribution in [0, 0.1) is 11.6 Å². The summed E-state index contributed by atoms with van der Waals surface area (Å²) in [7, 11) is 0. The summed E-state index contributed by atoms with van der Waals surface area (Å²) in [6, 6.07) is 12.1. The van der Waals surface area contributed by atoms with E-state index in [1.807, 2.05) is 0 Å². The molecule has 25 heavy (non-hydrogen) atoms. The monoisotopic (exact) mass is 339 g/mol. The smallest absolute Gasteiger partial charge is 0.258 e. The molecule has 0 aliphatic carbocycles. The van der Waals surface area contributed by atoms with Crippen molar-refractivity contribution in [3.63, 3.8) is 0 Å². The van der Waals surface area contributed by atoms with Crippen LogP contribution in [0.15, 0.2) is 59.3 Å². The predicted molar refractivity (Wildman–Crippen MR) is 84.2 cm³/mol. The first-order valence-corrected chi connectivity index (χ1v) is 7.42. The second-order valence-electron chi connectivity index (χ2n) is 5.36. The molecule has 8 heteroatoms. The standard InChI is InChI=1S/C17H11F2N5O/c18-13-5-1-3-11(7-13)9-24-10-15(21-23-24)16-20-17(25-22-16)12-4-2-6-14(19)8-12/h1-8,10H,9H2. The fraction of sp³-hybridized carbons (Fsp3) is 0.0588. The summed E-state index contributed by atoms with van der Waals surface area (Å²) in [4.78, 5) is 4.21. The topological polar surface area (TPSA) is 69.6 Å². The number of benzene rings is 2. The minimum atomic E-state index is -0.390. The van der Waals surface area contributed by atoms with Gasteiger partial charge in [-0.2, -0.15) is 4.98 Å². The van der Waals surface area contributed by atoms with E-state index in [-0.39, 0.29) is 17.5 Å². The number of aromatic nitrogens is 5. The van der Waals surface area contributed by atoms with Crippen molar-refractivity contribution in [2.75, 3.05) is 0 Å². The van der Waals surface area contributed by atoms with Gasteiger partial charge in [-0.05, 0) is 35.9 Å². The summed E-state index contributed by atoms with van der Waals surface area (Å²) in [6.07, 6.45) is 1.63. The fourth-order valence-electron chi connectivity index (χ4n) is 2.37. The summed E-state index contributed by atoms with van der Waals surface area (Å²) >= 11 is 0. The van der Waals surface area contributed by atoms with Gasteiger partial charge in [0.15, 0.2) is 5.69 Å². The third kappa shape index (κ3) is 3.27. The summed E-state index contributed by atoms with van der Waals surface area (Å²) in [6.45, 7) is 0.360. The second kappa shape index (κ2) is 6.23. The molecule has 6 nitrogen and oxygen atoms in total. The van der Waals surface area contributed by atoms with Gasteiger partial charge in [0.1, 0.15) is 11.6 Å². The van der Waals surface area contributed by atoms with E-state index < -0.39 is 5.82 Å². The summed E-state index contributed by atoms with van der Waals surface area (Å²) in [5.41, 5.74) is 1.64. The highest BCUT2D eigenvalue weighted by Crippen LogP contribution is 2.21. The van der Waals surface area contributed by atoms with Crippen molar-refractivity contribution in [3.05, 3.63) is 71.9 Å². The lowest BCUT2D eigenvalue weighted by molar-refractivity contribution is 0.432. The second-order valence-corrected chi connectivity index (χ2v) is 5.36.